The van der Waals surface area contributed by atoms with Crippen LogP contribution in [-0.4, -0.2) is 37.9 Å². The number of aliphatic carboxylic acids is 1. The van der Waals surface area contributed by atoms with Gasteiger partial charge in [-0.05, 0) is 24.1 Å². The average molecular weight is 353 g/mol. The Labute approximate surface area is 149 Å². The number of aromatic nitrogens is 2. The third-order valence-electron chi connectivity index (χ3n) is 4.97. The maximum Gasteiger partial charge on any atom is 0.326 e. The van der Waals surface area contributed by atoms with Gasteiger partial charge in [-0.15, -0.1) is 0 Å². The van der Waals surface area contributed by atoms with Gasteiger partial charge in [0, 0.05) is 17.4 Å². The number of imidazole rings is 1. The molecule has 3 heterocycles. The molecule has 0 spiro atoms. The first-order valence-corrected chi connectivity index (χ1v) is 8.59. The van der Waals surface area contributed by atoms with E-state index in [1.807, 2.05) is 18.2 Å². The Morgan fingerprint density at radius 2 is 2.27 bits per heavy atom. The summed E-state index contributed by atoms with van der Waals surface area (Å²) in [4.78, 5) is 33.1. The largest absolute Gasteiger partial charge is 0.480 e. The van der Waals surface area contributed by atoms with E-state index in [1.165, 1.54) is 11.2 Å². The smallest absolute Gasteiger partial charge is 0.326 e. The molecule has 134 valence electrons. The molecule has 0 saturated carbocycles. The number of hydrogen-bond acceptors (Lipinski definition) is 4. The third-order valence-corrected chi connectivity index (χ3v) is 4.97. The highest BCUT2D eigenvalue weighted by Crippen LogP contribution is 2.26. The molecule has 7 nitrogen and oxygen atoms in total. The van der Waals surface area contributed by atoms with Crippen LogP contribution >= 0.6 is 0 Å². The van der Waals surface area contributed by atoms with Gasteiger partial charge in [0.2, 0.25) is 5.91 Å². The molecular weight excluding hydrogens is 334 g/mol. The van der Waals surface area contributed by atoms with Gasteiger partial charge < -0.3 is 19.4 Å². The number of carboxylic acids is 1. The molecule has 1 atom stereocenters. The first kappa shape index (κ1) is 16.4. The Kier molecular flexibility index (Phi) is 3.99. The molecule has 0 radical (unpaired) electrons. The zero-order chi connectivity index (χ0) is 18.3. The molecule has 2 N–H and O–H groups in total. The molecule has 0 unspecified atom stereocenters. The molecule has 1 aliphatic heterocycles. The Hall–Kier alpha value is -3.09. The van der Waals surface area contributed by atoms with Gasteiger partial charge in [0.15, 0.2) is 0 Å². The molecule has 1 amide bonds. The van der Waals surface area contributed by atoms with E-state index in [-0.39, 0.29) is 25.3 Å². The van der Waals surface area contributed by atoms with Crippen molar-refractivity contribution < 1.29 is 19.1 Å². The zero-order valence-corrected chi connectivity index (χ0v) is 14.4. The van der Waals surface area contributed by atoms with E-state index < -0.39 is 12.0 Å². The summed E-state index contributed by atoms with van der Waals surface area (Å²) in [6, 6.07) is 5.03. The number of benzene rings is 1. The lowest BCUT2D eigenvalue weighted by atomic mass is 10.0. The fraction of sp³-hybridized carbons (Fsp3) is 0.316. The fourth-order valence-electron chi connectivity index (χ4n) is 3.47. The van der Waals surface area contributed by atoms with Crippen LogP contribution in [0, 0.1) is 0 Å². The van der Waals surface area contributed by atoms with Crippen LogP contribution in [0.3, 0.4) is 0 Å². The van der Waals surface area contributed by atoms with Crippen LogP contribution < -0.4 is 0 Å². The van der Waals surface area contributed by atoms with E-state index >= 15 is 0 Å². The lowest BCUT2D eigenvalue weighted by Gasteiger charge is -2.32. The first-order chi connectivity index (χ1) is 12.6. The molecule has 0 saturated heterocycles. The molecule has 3 aromatic rings. The van der Waals surface area contributed by atoms with Crippen molar-refractivity contribution in [3.05, 3.63) is 53.3 Å². The van der Waals surface area contributed by atoms with Gasteiger partial charge in [-0.1, -0.05) is 13.0 Å². The molecule has 0 bridgehead atoms. The highest BCUT2D eigenvalue weighted by molar-refractivity contribution is 5.90. The number of fused-ring (bicyclic) bond motifs is 2. The summed E-state index contributed by atoms with van der Waals surface area (Å²) in [6.45, 7) is 2.29. The highest BCUT2D eigenvalue weighted by Gasteiger charge is 2.36. The zero-order valence-electron chi connectivity index (χ0n) is 14.4. The van der Waals surface area contributed by atoms with Gasteiger partial charge in [-0.2, -0.15) is 0 Å². The van der Waals surface area contributed by atoms with Gasteiger partial charge in [0.1, 0.15) is 11.6 Å². The number of rotatable bonds is 4. The maximum atomic E-state index is 12.9. The maximum absolute atomic E-state index is 12.9. The number of aryl methyl sites for hydroxylation is 1. The number of nitrogens with zero attached hydrogens (tertiary/aromatic N) is 2. The van der Waals surface area contributed by atoms with Crippen molar-refractivity contribution >= 4 is 22.8 Å². The van der Waals surface area contributed by atoms with Crippen LogP contribution in [0.2, 0.25) is 0 Å². The van der Waals surface area contributed by atoms with Crippen LogP contribution in [0.5, 0.6) is 0 Å². The summed E-state index contributed by atoms with van der Waals surface area (Å²) in [5.41, 5.74) is 4.18. The minimum Gasteiger partial charge on any atom is -0.480 e. The average Bonchev–Trinajstić information content (AvgIpc) is 3.26. The second-order valence-electron chi connectivity index (χ2n) is 6.53. The quantitative estimate of drug-likeness (QED) is 0.750. The van der Waals surface area contributed by atoms with Gasteiger partial charge in [0.25, 0.3) is 0 Å². The van der Waals surface area contributed by atoms with Crippen LogP contribution in [0.4, 0.5) is 0 Å². The van der Waals surface area contributed by atoms with E-state index in [0.717, 1.165) is 34.2 Å². The van der Waals surface area contributed by atoms with Crippen molar-refractivity contribution in [3.63, 3.8) is 0 Å². The van der Waals surface area contributed by atoms with E-state index in [9.17, 15) is 14.7 Å². The van der Waals surface area contributed by atoms with Crippen molar-refractivity contribution in [1.29, 1.82) is 0 Å². The van der Waals surface area contributed by atoms with Crippen molar-refractivity contribution in [2.75, 3.05) is 0 Å². The van der Waals surface area contributed by atoms with Crippen molar-refractivity contribution in [3.8, 4) is 0 Å². The van der Waals surface area contributed by atoms with E-state index in [0.29, 0.717) is 5.69 Å². The summed E-state index contributed by atoms with van der Waals surface area (Å²) < 4.78 is 5.55. The van der Waals surface area contributed by atoms with Gasteiger partial charge in [-0.3, -0.25) is 4.79 Å². The Morgan fingerprint density at radius 3 is 3.04 bits per heavy atom. The predicted octanol–water partition coefficient (Wildman–Crippen LogP) is 2.30. The summed E-state index contributed by atoms with van der Waals surface area (Å²) >= 11 is 0. The Bertz CT molecular complexity index is 988. The second kappa shape index (κ2) is 6.33. The number of aromatic amines is 1. The third kappa shape index (κ3) is 2.75. The minimum absolute atomic E-state index is 0.105. The first-order valence-electron chi connectivity index (χ1n) is 8.59. The minimum atomic E-state index is -1.02. The van der Waals surface area contributed by atoms with Crippen LogP contribution in [0.25, 0.3) is 11.0 Å². The Morgan fingerprint density at radius 1 is 1.42 bits per heavy atom. The van der Waals surface area contributed by atoms with Crippen LogP contribution in [0.1, 0.15) is 29.4 Å². The summed E-state index contributed by atoms with van der Waals surface area (Å²) in [5, 5.41) is 10.4. The number of H-pyrrole nitrogens is 1. The highest BCUT2D eigenvalue weighted by atomic mass is 16.4. The lowest BCUT2D eigenvalue weighted by Crippen LogP contribution is -2.49. The molecule has 7 heteroatoms. The number of amides is 1. The molecule has 26 heavy (non-hydrogen) atoms. The van der Waals surface area contributed by atoms with Crippen molar-refractivity contribution in [2.45, 2.75) is 38.8 Å². The van der Waals surface area contributed by atoms with Gasteiger partial charge in [-0.25, -0.2) is 9.78 Å². The van der Waals surface area contributed by atoms with E-state index in [4.69, 9.17) is 4.42 Å². The van der Waals surface area contributed by atoms with Crippen molar-refractivity contribution in [1.82, 2.24) is 14.9 Å². The molecule has 4 rings (SSSR count). The molecule has 1 aliphatic rings. The second-order valence-corrected chi connectivity index (χ2v) is 6.53. The number of furan rings is 1. The Balaban J connectivity index is 1.62. The normalized spacial score (nSPS) is 16.7. The van der Waals surface area contributed by atoms with Gasteiger partial charge >= 0.3 is 5.97 Å². The topological polar surface area (TPSA) is 99.4 Å². The monoisotopic (exact) mass is 353 g/mol. The number of carboxylic acid groups (broad SMARTS) is 1. The van der Waals surface area contributed by atoms with Crippen LogP contribution in [-0.2, 0) is 35.4 Å². The molecule has 2 aromatic heterocycles. The molecule has 0 aliphatic carbocycles. The number of nitrogens with one attached hydrogen (secondary N) is 1. The molecule has 1 aromatic carbocycles. The molecular formula is C19H19N3O4. The predicted molar refractivity (Wildman–Crippen MR) is 93.6 cm³/mol. The number of carbonyl (C=O) groups is 2. The fourth-order valence-corrected chi connectivity index (χ4v) is 3.47. The summed E-state index contributed by atoms with van der Waals surface area (Å²) in [7, 11) is 0. The van der Waals surface area contributed by atoms with E-state index in [2.05, 4.69) is 16.9 Å². The number of hydrogen-bond donors (Lipinski definition) is 2. The SMILES string of the molecule is CCc1ccc2occ(CC(=O)N3Cc4[nH]cnc4C[C@H]3C(=O)O)c2c1. The summed E-state index contributed by atoms with van der Waals surface area (Å²) in [6.07, 6.45) is 4.33. The molecule has 0 fully saturated rings. The van der Waals surface area contributed by atoms with Crippen molar-refractivity contribution in [2.24, 2.45) is 0 Å². The summed E-state index contributed by atoms with van der Waals surface area (Å²) in [5.74, 6) is -1.25. The lowest BCUT2D eigenvalue weighted by molar-refractivity contribution is -0.151. The van der Waals surface area contributed by atoms with Gasteiger partial charge in [0.05, 0.1) is 36.9 Å². The van der Waals surface area contributed by atoms with E-state index in [1.54, 1.807) is 6.26 Å². The number of carbonyl (C=O) groups excluding carboxylic acids is 1. The standard InChI is InChI=1S/C19H19N3O4/c1-2-11-3-4-17-13(5-11)12(9-26-17)6-18(23)22-8-15-14(20-10-21-15)7-16(22)19(24)25/h3-5,9-10,16H,2,6-8H2,1H3,(H,20,21)(H,24,25)/t16-/m0/s1. The van der Waals surface area contributed by atoms with Crippen LogP contribution in [0.15, 0.2) is 35.2 Å².